The molecule has 0 aromatic carbocycles. The van der Waals surface area contributed by atoms with Gasteiger partial charge in [0, 0.05) is 31.6 Å². The van der Waals surface area contributed by atoms with Gasteiger partial charge in [-0.2, -0.15) is 0 Å². The molecule has 0 unspecified atom stereocenters. The lowest BCUT2D eigenvalue weighted by Crippen LogP contribution is -2.46. The van der Waals surface area contributed by atoms with Crippen LogP contribution in [0.15, 0.2) is 0 Å². The van der Waals surface area contributed by atoms with E-state index in [4.69, 9.17) is 0 Å². The summed E-state index contributed by atoms with van der Waals surface area (Å²) >= 11 is 0. The maximum absolute atomic E-state index is 12.1. The summed E-state index contributed by atoms with van der Waals surface area (Å²) in [6.07, 6.45) is 2.81. The molecule has 0 aromatic heterocycles. The minimum atomic E-state index is -3.14. The number of likely N-dealkylation sites (tertiary alicyclic amines) is 1. The van der Waals surface area contributed by atoms with Crippen molar-refractivity contribution >= 4 is 15.9 Å². The summed E-state index contributed by atoms with van der Waals surface area (Å²) in [4.78, 5) is 13.9. The smallest absolute Gasteiger partial charge is 0.222 e. The van der Waals surface area contributed by atoms with E-state index in [0.717, 1.165) is 13.0 Å². The van der Waals surface area contributed by atoms with Gasteiger partial charge in [0.05, 0.1) is 5.75 Å². The second-order valence-corrected chi connectivity index (χ2v) is 7.93. The van der Waals surface area contributed by atoms with Crippen molar-refractivity contribution in [3.8, 4) is 0 Å². The SMILES string of the molecule is CCS(=O)(=O)NC1CCN(C(=O)CCCNC(C)C)CC1. The third kappa shape index (κ3) is 7.24. The number of hydrogen-bond donors (Lipinski definition) is 2. The lowest BCUT2D eigenvalue weighted by atomic mass is 10.1. The van der Waals surface area contributed by atoms with Gasteiger partial charge in [-0.15, -0.1) is 0 Å². The molecule has 0 atom stereocenters. The molecule has 0 spiro atoms. The van der Waals surface area contributed by atoms with Crippen LogP contribution in [-0.4, -0.2) is 56.7 Å². The van der Waals surface area contributed by atoms with Crippen molar-refractivity contribution < 1.29 is 13.2 Å². The predicted molar refractivity (Wildman–Crippen MR) is 84.6 cm³/mol. The van der Waals surface area contributed by atoms with Crippen molar-refractivity contribution in [3.05, 3.63) is 0 Å². The first-order valence-corrected chi connectivity index (χ1v) is 9.50. The highest BCUT2D eigenvalue weighted by atomic mass is 32.2. The van der Waals surface area contributed by atoms with E-state index in [2.05, 4.69) is 23.9 Å². The van der Waals surface area contributed by atoms with Gasteiger partial charge in [0.25, 0.3) is 0 Å². The average molecular weight is 319 g/mol. The Balaban J connectivity index is 2.24. The van der Waals surface area contributed by atoms with Gasteiger partial charge in [-0.1, -0.05) is 13.8 Å². The fraction of sp³-hybridized carbons (Fsp3) is 0.929. The van der Waals surface area contributed by atoms with Crippen molar-refractivity contribution in [2.24, 2.45) is 0 Å². The van der Waals surface area contributed by atoms with Crippen molar-refractivity contribution in [1.29, 1.82) is 0 Å². The molecule has 1 amide bonds. The highest BCUT2D eigenvalue weighted by Gasteiger charge is 2.24. The largest absolute Gasteiger partial charge is 0.343 e. The van der Waals surface area contributed by atoms with Gasteiger partial charge in [0.1, 0.15) is 0 Å². The molecule has 1 aliphatic heterocycles. The molecule has 0 aromatic rings. The fourth-order valence-corrected chi connectivity index (χ4v) is 3.28. The molecular weight excluding hydrogens is 290 g/mol. The highest BCUT2D eigenvalue weighted by molar-refractivity contribution is 7.89. The average Bonchev–Trinajstić information content (AvgIpc) is 2.43. The van der Waals surface area contributed by atoms with E-state index in [0.29, 0.717) is 38.4 Å². The molecule has 1 aliphatic rings. The van der Waals surface area contributed by atoms with Crippen LogP contribution in [0, 0.1) is 0 Å². The van der Waals surface area contributed by atoms with Crippen LogP contribution in [0.1, 0.15) is 46.5 Å². The maximum atomic E-state index is 12.1. The normalized spacial score (nSPS) is 17.4. The number of piperidine rings is 1. The Morgan fingerprint density at radius 1 is 1.29 bits per heavy atom. The van der Waals surface area contributed by atoms with Crippen LogP contribution in [-0.2, 0) is 14.8 Å². The minimum absolute atomic E-state index is 0.0263. The molecule has 0 bridgehead atoms. The van der Waals surface area contributed by atoms with E-state index >= 15 is 0 Å². The lowest BCUT2D eigenvalue weighted by molar-refractivity contribution is -0.132. The van der Waals surface area contributed by atoms with Gasteiger partial charge in [-0.25, -0.2) is 13.1 Å². The van der Waals surface area contributed by atoms with Gasteiger partial charge >= 0.3 is 0 Å². The number of rotatable bonds is 8. The Morgan fingerprint density at radius 3 is 2.43 bits per heavy atom. The van der Waals surface area contributed by atoms with Gasteiger partial charge < -0.3 is 10.2 Å². The Bertz CT molecular complexity index is 415. The number of hydrogen-bond acceptors (Lipinski definition) is 4. The summed E-state index contributed by atoms with van der Waals surface area (Å²) in [6.45, 7) is 7.96. The zero-order chi connectivity index (χ0) is 15.9. The molecule has 21 heavy (non-hydrogen) atoms. The van der Waals surface area contributed by atoms with Crippen molar-refractivity contribution in [1.82, 2.24) is 14.9 Å². The second-order valence-electron chi connectivity index (χ2n) is 5.89. The van der Waals surface area contributed by atoms with Crippen molar-refractivity contribution in [2.45, 2.75) is 58.5 Å². The van der Waals surface area contributed by atoms with E-state index < -0.39 is 10.0 Å². The second kappa shape index (κ2) is 8.70. The molecule has 0 aliphatic carbocycles. The number of sulfonamides is 1. The molecule has 0 radical (unpaired) electrons. The van der Waals surface area contributed by atoms with Gasteiger partial charge in [-0.05, 0) is 32.7 Å². The predicted octanol–water partition coefficient (Wildman–Crippen LogP) is 0.695. The van der Waals surface area contributed by atoms with E-state index in [1.807, 2.05) is 4.90 Å². The van der Waals surface area contributed by atoms with Crippen LogP contribution >= 0.6 is 0 Å². The molecule has 0 saturated carbocycles. The van der Waals surface area contributed by atoms with Gasteiger partial charge in [-0.3, -0.25) is 4.79 Å². The third-order valence-corrected chi connectivity index (χ3v) is 5.15. The monoisotopic (exact) mass is 319 g/mol. The third-order valence-electron chi connectivity index (χ3n) is 3.69. The van der Waals surface area contributed by atoms with Gasteiger partial charge in [0.2, 0.25) is 15.9 Å². The van der Waals surface area contributed by atoms with Crippen LogP contribution in [0.3, 0.4) is 0 Å². The number of carbonyl (C=O) groups excluding carboxylic acids is 1. The zero-order valence-electron chi connectivity index (χ0n) is 13.4. The number of nitrogens with one attached hydrogen (secondary N) is 2. The zero-order valence-corrected chi connectivity index (χ0v) is 14.2. The van der Waals surface area contributed by atoms with E-state index in [1.165, 1.54) is 0 Å². The van der Waals surface area contributed by atoms with Crippen LogP contribution in [0.25, 0.3) is 0 Å². The molecule has 1 fully saturated rings. The number of carbonyl (C=O) groups is 1. The molecular formula is C14H29N3O3S. The van der Waals surface area contributed by atoms with Crippen molar-refractivity contribution in [2.75, 3.05) is 25.4 Å². The first kappa shape index (κ1) is 18.4. The summed E-state index contributed by atoms with van der Waals surface area (Å²) < 4.78 is 25.7. The summed E-state index contributed by atoms with van der Waals surface area (Å²) in [6, 6.07) is 0.420. The van der Waals surface area contributed by atoms with Gasteiger partial charge in [0.15, 0.2) is 0 Å². The molecule has 1 heterocycles. The topological polar surface area (TPSA) is 78.5 Å². The van der Waals surface area contributed by atoms with Crippen LogP contribution in [0.4, 0.5) is 0 Å². The summed E-state index contributed by atoms with van der Waals surface area (Å²) in [7, 11) is -3.14. The number of nitrogens with zero attached hydrogens (tertiary/aromatic N) is 1. The molecule has 7 heteroatoms. The lowest BCUT2D eigenvalue weighted by Gasteiger charge is -2.32. The summed E-state index contributed by atoms with van der Waals surface area (Å²) in [5.41, 5.74) is 0. The molecule has 1 saturated heterocycles. The van der Waals surface area contributed by atoms with Crippen LogP contribution in [0.2, 0.25) is 0 Å². The Labute approximate surface area is 128 Å². The Morgan fingerprint density at radius 2 is 1.90 bits per heavy atom. The Hall–Kier alpha value is -0.660. The number of amides is 1. The molecule has 124 valence electrons. The Kier molecular flexibility index (Phi) is 7.62. The molecule has 1 rings (SSSR count). The van der Waals surface area contributed by atoms with E-state index in [-0.39, 0.29) is 17.7 Å². The first-order chi connectivity index (χ1) is 9.84. The van der Waals surface area contributed by atoms with E-state index in [1.54, 1.807) is 6.92 Å². The fourth-order valence-electron chi connectivity index (χ4n) is 2.37. The summed E-state index contributed by atoms with van der Waals surface area (Å²) in [5, 5.41) is 3.30. The quantitative estimate of drug-likeness (QED) is 0.645. The molecule has 6 nitrogen and oxygen atoms in total. The van der Waals surface area contributed by atoms with Crippen LogP contribution in [0.5, 0.6) is 0 Å². The first-order valence-electron chi connectivity index (χ1n) is 7.85. The minimum Gasteiger partial charge on any atom is -0.343 e. The standard InChI is InChI=1S/C14H29N3O3S/c1-4-21(19,20)16-13-7-10-17(11-8-13)14(18)6-5-9-15-12(2)3/h12-13,15-16H,4-11H2,1-3H3. The van der Waals surface area contributed by atoms with Crippen molar-refractivity contribution in [3.63, 3.8) is 0 Å². The highest BCUT2D eigenvalue weighted by Crippen LogP contribution is 2.13. The maximum Gasteiger partial charge on any atom is 0.222 e. The summed E-state index contributed by atoms with van der Waals surface area (Å²) in [5.74, 6) is 0.284. The van der Waals surface area contributed by atoms with Crippen LogP contribution < -0.4 is 10.0 Å². The van der Waals surface area contributed by atoms with E-state index in [9.17, 15) is 13.2 Å². The molecule has 2 N–H and O–H groups in total.